The molecule has 0 bridgehead atoms. The van der Waals surface area contributed by atoms with Crippen LogP contribution < -0.4 is 0 Å². The highest BCUT2D eigenvalue weighted by Crippen LogP contribution is 2.16. The average molecular weight is 224 g/mol. The number of nitrogens with one attached hydrogen (secondary N) is 1. The summed E-state index contributed by atoms with van der Waals surface area (Å²) < 4.78 is 0. The van der Waals surface area contributed by atoms with Crippen molar-refractivity contribution in [1.29, 1.82) is 0 Å². The molecule has 0 aliphatic carbocycles. The van der Waals surface area contributed by atoms with Crippen LogP contribution >= 0.6 is 11.6 Å². The minimum Gasteiger partial charge on any atom is -0.477 e. The number of aromatic carboxylic acids is 1. The zero-order valence-corrected chi connectivity index (χ0v) is 8.19. The van der Waals surface area contributed by atoms with Crippen LogP contribution in [0.25, 0.3) is 11.4 Å². The summed E-state index contributed by atoms with van der Waals surface area (Å²) in [6.45, 7) is 0. The van der Waals surface area contributed by atoms with E-state index in [1.54, 1.807) is 0 Å². The number of aromatic amines is 1. The fraction of sp³-hybridized carbons (Fsp3) is 0. The molecule has 0 radical (unpaired) electrons. The highest BCUT2D eigenvalue weighted by atomic mass is 35.5. The second-order valence-electron chi connectivity index (χ2n) is 2.83. The molecule has 0 saturated carbocycles. The van der Waals surface area contributed by atoms with E-state index in [4.69, 9.17) is 16.7 Å². The van der Waals surface area contributed by atoms with Gasteiger partial charge in [-0.15, -0.1) is 0 Å². The first-order valence-electron chi connectivity index (χ1n) is 4.06. The summed E-state index contributed by atoms with van der Waals surface area (Å²) in [5, 5.41) is 9.13. The van der Waals surface area contributed by atoms with Crippen molar-refractivity contribution in [2.75, 3.05) is 0 Å². The Bertz CT molecular complexity index is 492. The molecule has 2 heterocycles. The molecule has 0 aliphatic rings. The van der Waals surface area contributed by atoms with Gasteiger partial charge in [-0.05, 0) is 6.07 Å². The molecule has 2 aromatic heterocycles. The van der Waals surface area contributed by atoms with E-state index in [0.29, 0.717) is 16.4 Å². The molecule has 2 N–H and O–H groups in total. The van der Waals surface area contributed by atoms with Crippen LogP contribution in [0.4, 0.5) is 0 Å². The fourth-order valence-corrected chi connectivity index (χ4v) is 1.21. The lowest BCUT2D eigenvalue weighted by Gasteiger charge is -1.93. The lowest BCUT2D eigenvalue weighted by molar-refractivity contribution is 0.0691. The van der Waals surface area contributed by atoms with E-state index in [1.165, 1.54) is 24.7 Å². The van der Waals surface area contributed by atoms with E-state index in [2.05, 4.69) is 15.0 Å². The Kier molecular flexibility index (Phi) is 2.39. The molecule has 0 atom stereocenters. The summed E-state index contributed by atoms with van der Waals surface area (Å²) in [7, 11) is 0. The van der Waals surface area contributed by atoms with E-state index >= 15 is 0 Å². The first-order valence-corrected chi connectivity index (χ1v) is 4.44. The Balaban J connectivity index is 2.37. The maximum atomic E-state index is 10.6. The van der Waals surface area contributed by atoms with Crippen molar-refractivity contribution in [1.82, 2.24) is 15.0 Å². The highest BCUT2D eigenvalue weighted by molar-refractivity contribution is 6.30. The molecule has 5 nitrogen and oxygen atoms in total. The third-order valence-corrected chi connectivity index (χ3v) is 1.99. The number of carboxylic acids is 1. The smallest absolute Gasteiger partial charge is 0.352 e. The van der Waals surface area contributed by atoms with E-state index in [9.17, 15) is 4.79 Å². The first kappa shape index (κ1) is 9.67. The van der Waals surface area contributed by atoms with Crippen LogP contribution in [0.2, 0.25) is 5.02 Å². The maximum Gasteiger partial charge on any atom is 0.352 e. The van der Waals surface area contributed by atoms with Crippen LogP contribution in [0.1, 0.15) is 10.5 Å². The molecule has 0 aromatic carbocycles. The molecule has 0 unspecified atom stereocenters. The van der Waals surface area contributed by atoms with E-state index in [0.717, 1.165) is 0 Å². The summed E-state index contributed by atoms with van der Waals surface area (Å²) >= 11 is 5.63. The van der Waals surface area contributed by atoms with Crippen LogP contribution in [0.15, 0.2) is 24.7 Å². The van der Waals surface area contributed by atoms with Crippen LogP contribution in [-0.4, -0.2) is 26.0 Å². The third-order valence-electron chi connectivity index (χ3n) is 1.79. The number of carbonyl (C=O) groups is 1. The third kappa shape index (κ3) is 1.97. The van der Waals surface area contributed by atoms with Crippen molar-refractivity contribution in [2.45, 2.75) is 0 Å². The largest absolute Gasteiger partial charge is 0.477 e. The number of nitrogens with zero attached hydrogens (tertiary/aromatic N) is 2. The number of carboxylic acid groups (broad SMARTS) is 1. The van der Waals surface area contributed by atoms with Crippen molar-refractivity contribution < 1.29 is 9.90 Å². The monoisotopic (exact) mass is 223 g/mol. The van der Waals surface area contributed by atoms with Gasteiger partial charge in [-0.2, -0.15) is 0 Å². The summed E-state index contributed by atoms with van der Waals surface area (Å²) in [5.74, 6) is -0.585. The van der Waals surface area contributed by atoms with Crippen molar-refractivity contribution in [3.8, 4) is 11.4 Å². The SMILES string of the molecule is O=C(O)c1cc(-c2ncc(Cl)cn2)c[nH]1. The molecule has 6 heteroatoms. The fourth-order valence-electron chi connectivity index (χ4n) is 1.11. The van der Waals surface area contributed by atoms with Gasteiger partial charge in [0, 0.05) is 24.2 Å². The Morgan fingerprint density at radius 1 is 1.40 bits per heavy atom. The number of halogens is 1. The Morgan fingerprint density at radius 2 is 2.07 bits per heavy atom. The van der Waals surface area contributed by atoms with Gasteiger partial charge >= 0.3 is 5.97 Å². The Morgan fingerprint density at radius 3 is 2.60 bits per heavy atom. The zero-order valence-electron chi connectivity index (χ0n) is 7.44. The molecular formula is C9H6ClN3O2. The maximum absolute atomic E-state index is 10.6. The second kappa shape index (κ2) is 3.70. The van der Waals surface area contributed by atoms with Crippen LogP contribution in [0.3, 0.4) is 0 Å². The summed E-state index contributed by atoms with van der Waals surface area (Å²) in [6, 6.07) is 1.46. The quantitative estimate of drug-likeness (QED) is 0.814. The average Bonchev–Trinajstić information content (AvgIpc) is 2.68. The molecule has 76 valence electrons. The molecule has 0 aliphatic heterocycles. The number of rotatable bonds is 2. The molecule has 0 amide bonds. The normalized spacial score (nSPS) is 10.2. The van der Waals surface area contributed by atoms with Gasteiger partial charge in [-0.25, -0.2) is 14.8 Å². The highest BCUT2D eigenvalue weighted by Gasteiger charge is 2.08. The molecule has 2 aromatic rings. The zero-order chi connectivity index (χ0) is 10.8. The van der Waals surface area contributed by atoms with Gasteiger partial charge in [0.25, 0.3) is 0 Å². The lowest BCUT2D eigenvalue weighted by Crippen LogP contribution is -1.94. The molecular weight excluding hydrogens is 218 g/mol. The molecule has 0 fully saturated rings. The van der Waals surface area contributed by atoms with Crippen molar-refractivity contribution in [2.24, 2.45) is 0 Å². The predicted molar refractivity (Wildman–Crippen MR) is 53.8 cm³/mol. The minimum absolute atomic E-state index is 0.101. The Hall–Kier alpha value is -1.88. The molecule has 0 saturated heterocycles. The Labute approximate surface area is 89.8 Å². The van der Waals surface area contributed by atoms with Crippen LogP contribution in [0, 0.1) is 0 Å². The topological polar surface area (TPSA) is 78.9 Å². The number of aromatic nitrogens is 3. The van der Waals surface area contributed by atoms with Gasteiger partial charge in [0.2, 0.25) is 0 Å². The lowest BCUT2D eigenvalue weighted by atomic mass is 10.3. The van der Waals surface area contributed by atoms with Gasteiger partial charge in [0.15, 0.2) is 5.82 Å². The summed E-state index contributed by atoms with van der Waals surface area (Å²) in [6.07, 6.45) is 4.45. The van der Waals surface area contributed by atoms with Gasteiger partial charge in [0.05, 0.1) is 5.02 Å². The van der Waals surface area contributed by atoms with Crippen LogP contribution in [0.5, 0.6) is 0 Å². The number of hydrogen-bond donors (Lipinski definition) is 2. The molecule has 0 spiro atoms. The minimum atomic E-state index is -1.02. The molecule has 15 heavy (non-hydrogen) atoms. The van der Waals surface area contributed by atoms with Crippen molar-refractivity contribution in [3.05, 3.63) is 35.4 Å². The summed E-state index contributed by atoms with van der Waals surface area (Å²) in [5.41, 5.74) is 0.715. The van der Waals surface area contributed by atoms with Crippen LogP contribution in [-0.2, 0) is 0 Å². The molecule has 2 rings (SSSR count). The van der Waals surface area contributed by atoms with E-state index in [-0.39, 0.29) is 5.69 Å². The van der Waals surface area contributed by atoms with Gasteiger partial charge in [-0.3, -0.25) is 0 Å². The predicted octanol–water partition coefficient (Wildman–Crippen LogP) is 1.82. The van der Waals surface area contributed by atoms with Gasteiger partial charge < -0.3 is 10.1 Å². The second-order valence-corrected chi connectivity index (χ2v) is 3.27. The van der Waals surface area contributed by atoms with E-state index < -0.39 is 5.97 Å². The van der Waals surface area contributed by atoms with Gasteiger partial charge in [0.1, 0.15) is 5.69 Å². The van der Waals surface area contributed by atoms with Gasteiger partial charge in [-0.1, -0.05) is 11.6 Å². The van der Waals surface area contributed by atoms with E-state index in [1.807, 2.05) is 0 Å². The van der Waals surface area contributed by atoms with Crippen molar-refractivity contribution in [3.63, 3.8) is 0 Å². The summed E-state index contributed by atoms with van der Waals surface area (Å²) in [4.78, 5) is 21.1. The number of hydrogen-bond acceptors (Lipinski definition) is 3. The van der Waals surface area contributed by atoms with Crippen molar-refractivity contribution >= 4 is 17.6 Å². The number of H-pyrrole nitrogens is 1. The first-order chi connectivity index (χ1) is 7.16. The standard InChI is InChI=1S/C9H6ClN3O2/c10-6-3-12-8(13-4-6)5-1-7(9(14)15)11-2-5/h1-4,11H,(H,14,15).